The van der Waals surface area contributed by atoms with Crippen molar-refractivity contribution in [3.63, 3.8) is 0 Å². The number of nitrogens with one attached hydrogen (secondary N) is 1. The predicted molar refractivity (Wildman–Crippen MR) is 94.5 cm³/mol. The first-order valence-electron chi connectivity index (χ1n) is 10.6. The molecule has 3 rings (SSSR count). The van der Waals surface area contributed by atoms with Gasteiger partial charge in [0.15, 0.2) is 0 Å². The zero-order chi connectivity index (χ0) is 24.2. The van der Waals surface area contributed by atoms with Gasteiger partial charge in [-0.3, -0.25) is 9.59 Å². The topological polar surface area (TPSA) is 105 Å². The van der Waals surface area contributed by atoms with Gasteiger partial charge in [-0.05, 0) is 26.0 Å². The lowest BCUT2D eigenvalue weighted by atomic mass is 9.96. The largest absolute Gasteiger partial charge is 0.496 e. The van der Waals surface area contributed by atoms with Gasteiger partial charge in [0.2, 0.25) is 5.91 Å². The summed E-state index contributed by atoms with van der Waals surface area (Å²) in [4.78, 5) is 38.5. The van der Waals surface area contributed by atoms with Gasteiger partial charge >= 0.3 is 5.97 Å². The molecule has 3 atom stereocenters. The maximum atomic E-state index is 13.0. The Morgan fingerprint density at radius 2 is 1.92 bits per heavy atom. The molecular formula is C17H20N2O6S. The third-order valence-electron chi connectivity index (χ3n) is 4.40. The number of β-lactam (4-membered cyclic amide) rings is 1. The van der Waals surface area contributed by atoms with E-state index in [2.05, 4.69) is 5.32 Å². The molecule has 2 aliphatic rings. The van der Waals surface area contributed by atoms with Crippen LogP contribution in [0.1, 0.15) is 32.4 Å². The van der Waals surface area contributed by atoms with E-state index in [1.165, 1.54) is 22.7 Å². The molecule has 0 unspecified atom stereocenters. The van der Waals surface area contributed by atoms with Crippen molar-refractivity contribution in [1.29, 1.82) is 0 Å². The summed E-state index contributed by atoms with van der Waals surface area (Å²) in [5.74, 6) is -3.72. The summed E-state index contributed by atoms with van der Waals surface area (Å²) >= 11 is 1.20. The van der Waals surface area contributed by atoms with E-state index in [-0.39, 0.29) is 0 Å². The molecule has 2 aliphatic heterocycles. The Labute approximate surface area is 163 Å². The van der Waals surface area contributed by atoms with Crippen LogP contribution in [0.2, 0.25) is 0 Å². The molecule has 0 aromatic heterocycles. The fourth-order valence-electron chi connectivity index (χ4n) is 3.26. The van der Waals surface area contributed by atoms with Gasteiger partial charge in [-0.15, -0.1) is 11.8 Å². The number of carboxylic acids is 1. The van der Waals surface area contributed by atoms with Crippen LogP contribution in [0.3, 0.4) is 0 Å². The van der Waals surface area contributed by atoms with Gasteiger partial charge in [0.25, 0.3) is 5.91 Å². The molecule has 9 heteroatoms. The molecule has 0 saturated carbocycles. The summed E-state index contributed by atoms with van der Waals surface area (Å²) in [5.41, 5.74) is -0.511. The third-order valence-corrected chi connectivity index (χ3v) is 5.97. The average molecular weight is 386 g/mol. The van der Waals surface area contributed by atoms with Crippen LogP contribution in [0, 0.1) is 0 Å². The first-order chi connectivity index (χ1) is 14.5. The smallest absolute Gasteiger partial charge is 0.327 e. The Morgan fingerprint density at radius 3 is 2.46 bits per heavy atom. The van der Waals surface area contributed by atoms with Crippen LogP contribution < -0.4 is 14.8 Å². The van der Waals surface area contributed by atoms with E-state index >= 15 is 0 Å². The van der Waals surface area contributed by atoms with Crippen molar-refractivity contribution in [3.8, 4) is 11.5 Å². The second-order valence-electron chi connectivity index (χ2n) is 6.38. The molecule has 2 heterocycles. The maximum absolute atomic E-state index is 13.0. The normalized spacial score (nSPS) is 30.3. The number of hydrogen-bond donors (Lipinski definition) is 2. The predicted octanol–water partition coefficient (Wildman–Crippen LogP) is 0.949. The number of benzene rings is 1. The van der Waals surface area contributed by atoms with Crippen LogP contribution in [0.15, 0.2) is 18.2 Å². The minimum absolute atomic E-state index is 0.462. The van der Waals surface area contributed by atoms with Crippen LogP contribution >= 0.6 is 11.8 Å². The van der Waals surface area contributed by atoms with Gasteiger partial charge in [0.1, 0.15) is 34.5 Å². The van der Waals surface area contributed by atoms with Gasteiger partial charge in [0.05, 0.1) is 22.3 Å². The molecule has 2 amide bonds. The quantitative estimate of drug-likeness (QED) is 0.726. The Kier molecular flexibility index (Phi) is 2.96. The Morgan fingerprint density at radius 1 is 1.31 bits per heavy atom. The molecule has 0 aliphatic carbocycles. The molecule has 8 nitrogen and oxygen atoms in total. The molecule has 2 fully saturated rings. The van der Waals surface area contributed by atoms with Crippen molar-refractivity contribution < 1.29 is 37.2 Å². The number of thioether (sulfide) groups is 1. The van der Waals surface area contributed by atoms with Gasteiger partial charge in [-0.25, -0.2) is 4.79 Å². The van der Waals surface area contributed by atoms with E-state index in [1.54, 1.807) is 13.8 Å². The lowest BCUT2D eigenvalue weighted by Gasteiger charge is -2.43. The van der Waals surface area contributed by atoms with Crippen LogP contribution in [0.4, 0.5) is 0 Å². The van der Waals surface area contributed by atoms with E-state index in [4.69, 9.17) is 17.7 Å². The minimum atomic E-state index is -2.95. The average Bonchev–Trinajstić information content (AvgIpc) is 2.85. The highest BCUT2D eigenvalue weighted by Gasteiger charge is 2.64. The summed E-state index contributed by atoms with van der Waals surface area (Å²) in [7, 11) is -5.90. The molecular weight excluding hydrogens is 360 g/mol. The molecule has 26 heavy (non-hydrogen) atoms. The number of methoxy groups -OCH3 is 2. The van der Waals surface area contributed by atoms with Crippen LogP contribution in [-0.4, -0.2) is 64.1 Å². The van der Waals surface area contributed by atoms with Crippen LogP contribution in [-0.2, 0) is 9.59 Å². The second-order valence-corrected chi connectivity index (χ2v) is 8.15. The number of aliphatic carboxylic acids is 1. The van der Waals surface area contributed by atoms with E-state index < -0.39 is 71.1 Å². The number of nitrogens with zero attached hydrogens (tertiary/aromatic N) is 1. The lowest BCUT2D eigenvalue weighted by molar-refractivity contribution is -0.159. The Balaban J connectivity index is 1.91. The molecule has 1 aromatic rings. The van der Waals surface area contributed by atoms with Crippen molar-refractivity contribution in [3.05, 3.63) is 23.8 Å². The summed E-state index contributed by atoms with van der Waals surface area (Å²) < 4.78 is 52.6. The van der Waals surface area contributed by atoms with Gasteiger partial charge in [0, 0.05) is 4.75 Å². The minimum Gasteiger partial charge on any atom is -0.496 e. The molecule has 2 saturated heterocycles. The highest BCUT2D eigenvalue weighted by atomic mass is 32.2. The van der Waals surface area contributed by atoms with Crippen molar-refractivity contribution >= 4 is 29.5 Å². The summed E-state index contributed by atoms with van der Waals surface area (Å²) in [6.07, 6.45) is 0. The van der Waals surface area contributed by atoms with Gasteiger partial charge < -0.3 is 24.8 Å². The molecule has 1 aromatic carbocycles. The number of rotatable bonds is 5. The third kappa shape index (κ3) is 2.66. The fraction of sp³-hybridized carbons (Fsp3) is 0.471. The Hall–Kier alpha value is -2.42. The fourth-order valence-corrected chi connectivity index (χ4v) is 4.89. The van der Waals surface area contributed by atoms with Gasteiger partial charge in [-0.2, -0.15) is 0 Å². The highest BCUT2D eigenvalue weighted by Crippen LogP contribution is 2.50. The Bertz CT molecular complexity index is 932. The number of fused-ring (bicyclic) bond motifs is 1. The molecule has 0 radical (unpaired) electrons. The van der Waals surface area contributed by atoms with Crippen molar-refractivity contribution in [1.82, 2.24) is 10.2 Å². The number of carbonyl (C=O) groups is 3. The standard InChI is InChI=1S/C17H20N2O6S/c1-17(2)12(16(22)23)19-14(21)11(15(19)26-17)18-13(20)10-8(24-3)6-5-7-9(10)25-4/h5-7,11-12,15H,1-4H3,(H,18,20)(H,22,23)/t11-,12+,15-/m1/s1/i3D3,4D3. The highest BCUT2D eigenvalue weighted by molar-refractivity contribution is 8.01. The summed E-state index contributed by atoms with van der Waals surface area (Å²) in [6.45, 7) is 3.34. The van der Waals surface area contributed by atoms with E-state index in [1.807, 2.05) is 0 Å². The van der Waals surface area contributed by atoms with E-state index in [0.717, 1.165) is 12.1 Å². The number of amides is 2. The van der Waals surface area contributed by atoms with Crippen LogP contribution in [0.5, 0.6) is 11.5 Å². The molecule has 140 valence electrons. The zero-order valence-corrected chi connectivity index (χ0v) is 14.6. The first-order valence-corrected chi connectivity index (χ1v) is 8.44. The molecule has 0 bridgehead atoms. The molecule has 2 N–H and O–H groups in total. The van der Waals surface area contributed by atoms with Crippen molar-refractivity contribution in [2.24, 2.45) is 0 Å². The van der Waals surface area contributed by atoms with Crippen LogP contribution in [0.25, 0.3) is 0 Å². The number of ether oxygens (including phenoxy) is 2. The number of carboxylic acid groups (broad SMARTS) is 1. The van der Waals surface area contributed by atoms with Gasteiger partial charge in [-0.1, -0.05) is 6.07 Å². The number of hydrogen-bond acceptors (Lipinski definition) is 6. The summed E-state index contributed by atoms with van der Waals surface area (Å²) in [5, 5.41) is 11.3. The lowest BCUT2D eigenvalue weighted by Crippen LogP contribution is -2.70. The van der Waals surface area contributed by atoms with Crippen molar-refractivity contribution in [2.45, 2.75) is 36.1 Å². The SMILES string of the molecule is [2H]C([2H])([2H])Oc1cccc(OC([2H])([2H])[2H])c1C(=O)N[C@@H]1C(=O)N2[C@@H]1SC(C)(C)[C@@H]2C(=O)O. The van der Waals surface area contributed by atoms with E-state index in [9.17, 15) is 19.5 Å². The first kappa shape index (κ1) is 12.1. The number of carbonyl (C=O) groups excluding carboxylic acids is 2. The second kappa shape index (κ2) is 6.39. The zero-order valence-electron chi connectivity index (χ0n) is 19.8. The monoisotopic (exact) mass is 386 g/mol. The molecule has 0 spiro atoms. The summed E-state index contributed by atoms with van der Waals surface area (Å²) in [6, 6.07) is 1.37. The maximum Gasteiger partial charge on any atom is 0.327 e. The van der Waals surface area contributed by atoms with E-state index in [0.29, 0.717) is 0 Å². The van der Waals surface area contributed by atoms with Crippen molar-refractivity contribution in [2.75, 3.05) is 14.1 Å².